The molecule has 2 aromatic rings. The smallest absolute Gasteiger partial charge is 0.163 e. The van der Waals surface area contributed by atoms with E-state index in [2.05, 4.69) is 17.2 Å². The van der Waals surface area contributed by atoms with Crippen molar-refractivity contribution in [2.24, 2.45) is 0 Å². The van der Waals surface area contributed by atoms with Crippen LogP contribution in [0.4, 0.5) is 11.4 Å². The summed E-state index contributed by atoms with van der Waals surface area (Å²) in [4.78, 5) is 4.13. The molecule has 0 aliphatic carbocycles. The van der Waals surface area contributed by atoms with Crippen LogP contribution in [0.5, 0.6) is 11.5 Å². The van der Waals surface area contributed by atoms with E-state index in [4.69, 9.17) is 15.2 Å². The van der Waals surface area contributed by atoms with Crippen LogP contribution >= 0.6 is 0 Å². The number of nitrogens with two attached hydrogens (primary N) is 1. The summed E-state index contributed by atoms with van der Waals surface area (Å²) in [5, 5.41) is 3.32. The van der Waals surface area contributed by atoms with Crippen molar-refractivity contribution in [2.45, 2.75) is 13.5 Å². The molecule has 1 aromatic heterocycles. The zero-order chi connectivity index (χ0) is 13.9. The number of aryl methyl sites for hydroxylation is 1. The maximum absolute atomic E-state index is 6.03. The van der Waals surface area contributed by atoms with Gasteiger partial charge in [-0.05, 0) is 24.1 Å². The standard InChI is InChI=1S/C15H17N3O2/c1-10-2-3-17-8-11(10)9-18-13-7-15-14(6-12(13)16)19-4-5-20-15/h2-3,6-8,18H,4-5,9,16H2,1H3. The molecule has 0 bridgehead atoms. The number of hydrogen-bond acceptors (Lipinski definition) is 5. The van der Waals surface area contributed by atoms with Crippen LogP contribution in [0.25, 0.3) is 0 Å². The van der Waals surface area contributed by atoms with Gasteiger partial charge >= 0.3 is 0 Å². The van der Waals surface area contributed by atoms with Crippen LogP contribution in [0.2, 0.25) is 0 Å². The number of hydrogen-bond donors (Lipinski definition) is 2. The molecule has 20 heavy (non-hydrogen) atoms. The Morgan fingerprint density at radius 3 is 2.75 bits per heavy atom. The van der Waals surface area contributed by atoms with E-state index in [0.29, 0.717) is 31.2 Å². The van der Waals surface area contributed by atoms with Crippen LogP contribution in [0.1, 0.15) is 11.1 Å². The van der Waals surface area contributed by atoms with E-state index in [0.717, 1.165) is 17.0 Å². The van der Waals surface area contributed by atoms with Gasteiger partial charge in [-0.25, -0.2) is 0 Å². The number of aromatic nitrogens is 1. The van der Waals surface area contributed by atoms with Crippen LogP contribution in [-0.2, 0) is 6.54 Å². The fraction of sp³-hybridized carbons (Fsp3) is 0.267. The third-order valence-corrected chi connectivity index (χ3v) is 3.33. The molecule has 0 saturated heterocycles. The van der Waals surface area contributed by atoms with Crippen LogP contribution in [-0.4, -0.2) is 18.2 Å². The molecule has 0 radical (unpaired) electrons. The Morgan fingerprint density at radius 2 is 2.00 bits per heavy atom. The monoisotopic (exact) mass is 271 g/mol. The minimum Gasteiger partial charge on any atom is -0.486 e. The first-order chi connectivity index (χ1) is 9.74. The summed E-state index contributed by atoms with van der Waals surface area (Å²) >= 11 is 0. The van der Waals surface area contributed by atoms with Gasteiger partial charge in [0.05, 0.1) is 11.4 Å². The lowest BCUT2D eigenvalue weighted by atomic mass is 10.1. The highest BCUT2D eigenvalue weighted by molar-refractivity contribution is 5.72. The molecule has 5 nitrogen and oxygen atoms in total. The maximum atomic E-state index is 6.03. The average Bonchev–Trinajstić information content (AvgIpc) is 2.46. The molecule has 0 saturated carbocycles. The Labute approximate surface area is 117 Å². The Balaban J connectivity index is 1.79. The summed E-state index contributed by atoms with van der Waals surface area (Å²) < 4.78 is 11.1. The van der Waals surface area contributed by atoms with Crippen LogP contribution in [0, 0.1) is 6.92 Å². The van der Waals surface area contributed by atoms with Gasteiger partial charge in [-0.3, -0.25) is 4.98 Å². The molecule has 0 spiro atoms. The highest BCUT2D eigenvalue weighted by Gasteiger charge is 2.14. The van der Waals surface area contributed by atoms with Crippen molar-refractivity contribution in [3.05, 3.63) is 41.7 Å². The predicted molar refractivity (Wildman–Crippen MR) is 78.1 cm³/mol. The molecule has 1 aliphatic rings. The second-order valence-corrected chi connectivity index (χ2v) is 4.74. The number of anilines is 2. The quantitative estimate of drug-likeness (QED) is 0.839. The molecular weight excluding hydrogens is 254 g/mol. The molecule has 3 rings (SSSR count). The number of pyridine rings is 1. The van der Waals surface area contributed by atoms with Crippen LogP contribution in [0.15, 0.2) is 30.6 Å². The molecule has 0 amide bonds. The zero-order valence-electron chi connectivity index (χ0n) is 11.3. The van der Waals surface area contributed by atoms with Gasteiger partial charge in [0.2, 0.25) is 0 Å². The van der Waals surface area contributed by atoms with E-state index in [1.165, 1.54) is 5.56 Å². The van der Waals surface area contributed by atoms with Gasteiger partial charge in [-0.15, -0.1) is 0 Å². The van der Waals surface area contributed by atoms with Gasteiger partial charge < -0.3 is 20.5 Å². The normalized spacial score (nSPS) is 13.1. The van der Waals surface area contributed by atoms with Gasteiger partial charge in [-0.2, -0.15) is 0 Å². The minimum absolute atomic E-state index is 0.564. The minimum atomic E-state index is 0.564. The Hall–Kier alpha value is -2.43. The summed E-state index contributed by atoms with van der Waals surface area (Å²) in [6.45, 7) is 3.86. The maximum Gasteiger partial charge on any atom is 0.163 e. The van der Waals surface area contributed by atoms with Crippen molar-refractivity contribution >= 4 is 11.4 Å². The number of nitrogens with one attached hydrogen (secondary N) is 1. The van der Waals surface area contributed by atoms with Gasteiger partial charge in [0, 0.05) is 31.1 Å². The van der Waals surface area contributed by atoms with Gasteiger partial charge in [0.25, 0.3) is 0 Å². The van der Waals surface area contributed by atoms with Crippen molar-refractivity contribution < 1.29 is 9.47 Å². The summed E-state index contributed by atoms with van der Waals surface area (Å²) in [7, 11) is 0. The number of nitrogen functional groups attached to an aromatic ring is 1. The molecular formula is C15H17N3O2. The topological polar surface area (TPSA) is 69.4 Å². The first kappa shape index (κ1) is 12.6. The largest absolute Gasteiger partial charge is 0.486 e. The zero-order valence-corrected chi connectivity index (χ0v) is 11.3. The second kappa shape index (κ2) is 5.28. The molecule has 1 aliphatic heterocycles. The Kier molecular flexibility index (Phi) is 3.33. The molecule has 0 fully saturated rings. The van der Waals surface area contributed by atoms with Crippen LogP contribution in [0.3, 0.4) is 0 Å². The second-order valence-electron chi connectivity index (χ2n) is 4.74. The fourth-order valence-electron chi connectivity index (χ4n) is 2.13. The molecule has 3 N–H and O–H groups in total. The predicted octanol–water partition coefficient (Wildman–Crippen LogP) is 2.36. The molecule has 5 heteroatoms. The van der Waals surface area contributed by atoms with E-state index in [9.17, 15) is 0 Å². The van der Waals surface area contributed by atoms with Crippen molar-refractivity contribution in [1.29, 1.82) is 0 Å². The lowest BCUT2D eigenvalue weighted by Gasteiger charge is -2.20. The SMILES string of the molecule is Cc1ccncc1CNc1cc2c(cc1N)OCCO2. The lowest BCUT2D eigenvalue weighted by molar-refractivity contribution is 0.172. The third-order valence-electron chi connectivity index (χ3n) is 3.33. The first-order valence-corrected chi connectivity index (χ1v) is 6.56. The number of rotatable bonds is 3. The highest BCUT2D eigenvalue weighted by atomic mass is 16.6. The summed E-state index contributed by atoms with van der Waals surface area (Å²) in [5.41, 5.74) is 9.87. The highest BCUT2D eigenvalue weighted by Crippen LogP contribution is 2.37. The fourth-order valence-corrected chi connectivity index (χ4v) is 2.13. The number of ether oxygens (including phenoxy) is 2. The number of nitrogens with zero attached hydrogens (tertiary/aromatic N) is 1. The van der Waals surface area contributed by atoms with E-state index in [1.807, 2.05) is 18.3 Å². The molecule has 104 valence electrons. The van der Waals surface area contributed by atoms with Crippen molar-refractivity contribution in [3.8, 4) is 11.5 Å². The van der Waals surface area contributed by atoms with Crippen molar-refractivity contribution in [1.82, 2.24) is 4.98 Å². The average molecular weight is 271 g/mol. The summed E-state index contributed by atoms with van der Waals surface area (Å²) in [6.07, 6.45) is 3.65. The third kappa shape index (κ3) is 2.47. The van der Waals surface area contributed by atoms with E-state index >= 15 is 0 Å². The van der Waals surface area contributed by atoms with E-state index < -0.39 is 0 Å². The molecule has 2 heterocycles. The lowest BCUT2D eigenvalue weighted by Crippen LogP contribution is -2.16. The number of benzene rings is 1. The Morgan fingerprint density at radius 1 is 1.25 bits per heavy atom. The summed E-state index contributed by atoms with van der Waals surface area (Å²) in [5.74, 6) is 1.44. The van der Waals surface area contributed by atoms with Crippen molar-refractivity contribution in [3.63, 3.8) is 0 Å². The summed E-state index contributed by atoms with van der Waals surface area (Å²) in [6, 6.07) is 5.67. The molecule has 1 aromatic carbocycles. The molecule has 0 unspecified atom stereocenters. The van der Waals surface area contributed by atoms with Gasteiger partial charge in [0.1, 0.15) is 13.2 Å². The van der Waals surface area contributed by atoms with Crippen LogP contribution < -0.4 is 20.5 Å². The van der Waals surface area contributed by atoms with Gasteiger partial charge in [-0.1, -0.05) is 0 Å². The van der Waals surface area contributed by atoms with E-state index in [-0.39, 0.29) is 0 Å². The molecule has 0 atom stereocenters. The van der Waals surface area contributed by atoms with Gasteiger partial charge in [0.15, 0.2) is 11.5 Å². The van der Waals surface area contributed by atoms with Crippen molar-refractivity contribution in [2.75, 3.05) is 24.3 Å². The Bertz CT molecular complexity index is 629. The first-order valence-electron chi connectivity index (χ1n) is 6.56. The van der Waals surface area contributed by atoms with E-state index in [1.54, 1.807) is 12.3 Å². The number of fused-ring (bicyclic) bond motifs is 1.